The van der Waals surface area contributed by atoms with Crippen molar-refractivity contribution in [2.45, 2.75) is 31.0 Å². The van der Waals surface area contributed by atoms with E-state index in [9.17, 15) is 19.5 Å². The van der Waals surface area contributed by atoms with Crippen LogP contribution in [-0.4, -0.2) is 53.9 Å². The molecule has 0 bridgehead atoms. The molecule has 7 nitrogen and oxygen atoms in total. The van der Waals surface area contributed by atoms with Crippen molar-refractivity contribution in [3.8, 4) is 16.9 Å². The van der Waals surface area contributed by atoms with Crippen molar-refractivity contribution >= 4 is 28.8 Å². The van der Waals surface area contributed by atoms with Crippen LogP contribution in [0.2, 0.25) is 0 Å². The molecule has 4 atom stereocenters. The van der Waals surface area contributed by atoms with Crippen molar-refractivity contribution in [2.24, 2.45) is 5.92 Å². The number of fused-ring (bicyclic) bond motifs is 1. The SMILES string of the molecule is O=C(NC(Cc1ccc(O)cc1)C(=O)C1CCNC2C(=O)COC12)c1cc(-c2ccccc2)cs1. The van der Waals surface area contributed by atoms with Crippen LogP contribution in [0.25, 0.3) is 11.1 Å². The number of ketones is 2. The fourth-order valence-electron chi connectivity index (χ4n) is 4.80. The third-order valence-corrected chi connectivity index (χ3v) is 7.56. The monoisotopic (exact) mass is 490 g/mol. The molecule has 0 aliphatic carbocycles. The summed E-state index contributed by atoms with van der Waals surface area (Å²) in [6.07, 6.45) is 0.290. The molecule has 1 amide bonds. The van der Waals surface area contributed by atoms with Crippen LogP contribution in [0.4, 0.5) is 0 Å². The highest BCUT2D eigenvalue weighted by Gasteiger charge is 2.47. The van der Waals surface area contributed by atoms with E-state index in [0.29, 0.717) is 17.8 Å². The Kier molecular flexibility index (Phi) is 6.77. The minimum atomic E-state index is -0.794. The Morgan fingerprint density at radius 1 is 1.11 bits per heavy atom. The number of hydrogen-bond donors (Lipinski definition) is 3. The second-order valence-corrected chi connectivity index (χ2v) is 9.84. The van der Waals surface area contributed by atoms with E-state index in [0.717, 1.165) is 16.7 Å². The summed E-state index contributed by atoms with van der Waals surface area (Å²) in [6, 6.07) is 16.9. The highest BCUT2D eigenvalue weighted by molar-refractivity contribution is 7.12. The number of thiophene rings is 1. The molecule has 180 valence electrons. The maximum Gasteiger partial charge on any atom is 0.261 e. The normalized spacial score (nSPS) is 22.4. The number of hydrogen-bond acceptors (Lipinski definition) is 7. The predicted octanol–water partition coefficient (Wildman–Crippen LogP) is 2.98. The molecule has 3 heterocycles. The lowest BCUT2D eigenvalue weighted by molar-refractivity contribution is -0.130. The van der Waals surface area contributed by atoms with Crippen molar-refractivity contribution in [3.63, 3.8) is 0 Å². The van der Waals surface area contributed by atoms with Gasteiger partial charge in [0.25, 0.3) is 5.91 Å². The minimum absolute atomic E-state index is 0.00143. The van der Waals surface area contributed by atoms with Crippen molar-refractivity contribution in [1.82, 2.24) is 10.6 Å². The van der Waals surface area contributed by atoms with Crippen LogP contribution in [0.3, 0.4) is 0 Å². The summed E-state index contributed by atoms with van der Waals surface area (Å²) in [4.78, 5) is 39.6. The summed E-state index contributed by atoms with van der Waals surface area (Å²) >= 11 is 1.33. The van der Waals surface area contributed by atoms with Crippen molar-refractivity contribution in [3.05, 3.63) is 76.5 Å². The van der Waals surface area contributed by atoms with Gasteiger partial charge in [0.1, 0.15) is 12.4 Å². The van der Waals surface area contributed by atoms with Gasteiger partial charge in [-0.25, -0.2) is 0 Å². The van der Waals surface area contributed by atoms with Crippen molar-refractivity contribution in [1.29, 1.82) is 0 Å². The Labute approximate surface area is 207 Å². The molecule has 3 N–H and O–H groups in total. The van der Waals surface area contributed by atoms with Gasteiger partial charge in [-0.3, -0.25) is 14.4 Å². The van der Waals surface area contributed by atoms with E-state index < -0.39 is 24.1 Å². The van der Waals surface area contributed by atoms with Gasteiger partial charge in [0.2, 0.25) is 0 Å². The number of piperidine rings is 1. The van der Waals surface area contributed by atoms with E-state index in [4.69, 9.17) is 4.74 Å². The lowest BCUT2D eigenvalue weighted by Gasteiger charge is -2.33. The molecule has 5 rings (SSSR count). The molecular formula is C27H26N2O5S. The molecule has 2 aliphatic rings. The molecule has 3 aromatic rings. The number of phenolic OH excluding ortho intramolecular Hbond substituents is 1. The van der Waals surface area contributed by atoms with Crippen LogP contribution < -0.4 is 10.6 Å². The van der Waals surface area contributed by atoms with Gasteiger partial charge in [0.05, 0.1) is 23.1 Å². The van der Waals surface area contributed by atoms with Crippen LogP contribution >= 0.6 is 11.3 Å². The predicted molar refractivity (Wildman–Crippen MR) is 132 cm³/mol. The molecule has 2 saturated heterocycles. The topological polar surface area (TPSA) is 105 Å². The van der Waals surface area contributed by atoms with Gasteiger partial charge >= 0.3 is 0 Å². The molecule has 0 radical (unpaired) electrons. The molecule has 0 saturated carbocycles. The molecule has 1 aromatic heterocycles. The number of carbonyl (C=O) groups is 3. The maximum absolute atomic E-state index is 13.7. The molecule has 8 heteroatoms. The third-order valence-electron chi connectivity index (χ3n) is 6.63. The van der Waals surface area contributed by atoms with Crippen LogP contribution in [0.5, 0.6) is 5.75 Å². The van der Waals surface area contributed by atoms with Crippen molar-refractivity contribution < 1.29 is 24.2 Å². The van der Waals surface area contributed by atoms with E-state index in [1.165, 1.54) is 11.3 Å². The second kappa shape index (κ2) is 10.1. The van der Waals surface area contributed by atoms with E-state index >= 15 is 0 Å². The summed E-state index contributed by atoms with van der Waals surface area (Å²) in [6.45, 7) is 0.538. The Bertz CT molecular complexity index is 1220. The summed E-state index contributed by atoms with van der Waals surface area (Å²) in [5.41, 5.74) is 2.77. The highest BCUT2D eigenvalue weighted by Crippen LogP contribution is 2.29. The maximum atomic E-state index is 13.7. The Morgan fingerprint density at radius 2 is 1.89 bits per heavy atom. The summed E-state index contributed by atoms with van der Waals surface area (Å²) in [5, 5.41) is 17.7. The first-order valence-electron chi connectivity index (χ1n) is 11.6. The number of phenols is 1. The van der Waals surface area contributed by atoms with Gasteiger partial charge in [-0.2, -0.15) is 0 Å². The van der Waals surface area contributed by atoms with Crippen LogP contribution in [0, 0.1) is 5.92 Å². The minimum Gasteiger partial charge on any atom is -0.508 e. The molecule has 0 spiro atoms. The second-order valence-electron chi connectivity index (χ2n) is 8.93. The summed E-state index contributed by atoms with van der Waals surface area (Å²) < 4.78 is 5.68. The number of aromatic hydroxyl groups is 1. The molecule has 35 heavy (non-hydrogen) atoms. The largest absolute Gasteiger partial charge is 0.508 e. The van der Waals surface area contributed by atoms with Crippen LogP contribution in [0.15, 0.2) is 66.0 Å². The fraction of sp³-hybridized carbons (Fsp3) is 0.296. The Morgan fingerprint density at radius 3 is 2.66 bits per heavy atom. The van der Waals surface area contributed by atoms with Crippen molar-refractivity contribution in [2.75, 3.05) is 13.2 Å². The average Bonchev–Trinajstić information content (AvgIpc) is 3.53. The zero-order chi connectivity index (χ0) is 24.4. The fourth-order valence-corrected chi connectivity index (χ4v) is 5.62. The standard InChI is InChI=1S/C27H26N2O5S/c30-19-8-6-16(7-9-19)12-21(25(32)20-10-11-28-24-22(31)14-34-26(20)24)29-27(33)23-13-18(15-35-23)17-4-2-1-3-5-17/h1-9,13,15,20-21,24,26,28,30H,10-12,14H2,(H,29,33). The zero-order valence-corrected chi connectivity index (χ0v) is 19.8. The highest BCUT2D eigenvalue weighted by atomic mass is 32.1. The quantitative estimate of drug-likeness (QED) is 0.470. The Hall–Kier alpha value is -3.33. The zero-order valence-electron chi connectivity index (χ0n) is 19.0. The number of carbonyl (C=O) groups excluding carboxylic acids is 3. The van der Waals surface area contributed by atoms with Crippen LogP contribution in [-0.2, 0) is 20.7 Å². The van der Waals surface area contributed by atoms with Gasteiger partial charge in [0.15, 0.2) is 11.6 Å². The van der Waals surface area contributed by atoms with Gasteiger partial charge in [-0.15, -0.1) is 11.3 Å². The lowest BCUT2D eigenvalue weighted by Crippen LogP contribution is -2.56. The molecule has 4 unspecified atom stereocenters. The number of nitrogens with one attached hydrogen (secondary N) is 2. The molecule has 2 aliphatic heterocycles. The first-order valence-corrected chi connectivity index (χ1v) is 12.5. The summed E-state index contributed by atoms with van der Waals surface area (Å²) in [5.74, 6) is -0.857. The third kappa shape index (κ3) is 5.05. The Balaban J connectivity index is 1.37. The number of benzene rings is 2. The lowest BCUT2D eigenvalue weighted by atomic mass is 9.82. The van der Waals surface area contributed by atoms with E-state index in [2.05, 4.69) is 10.6 Å². The molecular weight excluding hydrogens is 464 g/mol. The van der Waals surface area contributed by atoms with Crippen LogP contribution in [0.1, 0.15) is 21.7 Å². The first kappa shape index (κ1) is 23.4. The number of rotatable bonds is 7. The van der Waals surface area contributed by atoms with E-state index in [1.54, 1.807) is 24.3 Å². The number of Topliss-reactive ketones (excluding diaryl/α,β-unsaturated/α-hetero) is 2. The van der Waals surface area contributed by atoms with Gasteiger partial charge in [-0.1, -0.05) is 42.5 Å². The number of ether oxygens (including phenoxy) is 1. The number of amides is 1. The molecule has 2 fully saturated rings. The average molecular weight is 491 g/mol. The smallest absolute Gasteiger partial charge is 0.261 e. The van der Waals surface area contributed by atoms with E-state index in [-0.39, 0.29) is 36.3 Å². The molecule has 2 aromatic carbocycles. The van der Waals surface area contributed by atoms with Gasteiger partial charge in [0, 0.05) is 5.92 Å². The first-order chi connectivity index (χ1) is 17.0. The van der Waals surface area contributed by atoms with Gasteiger partial charge < -0.3 is 20.5 Å². The van der Waals surface area contributed by atoms with E-state index in [1.807, 2.05) is 41.8 Å². The van der Waals surface area contributed by atoms with Gasteiger partial charge in [-0.05, 0) is 59.7 Å². The summed E-state index contributed by atoms with van der Waals surface area (Å²) in [7, 11) is 0.